The molecule has 1 aromatic carbocycles. The van der Waals surface area contributed by atoms with Gasteiger partial charge in [-0.25, -0.2) is 0 Å². The van der Waals surface area contributed by atoms with E-state index in [1.807, 2.05) is 6.07 Å². The van der Waals surface area contributed by atoms with Gasteiger partial charge in [0, 0.05) is 28.4 Å². The molecule has 2 nitrogen and oxygen atoms in total. The first-order chi connectivity index (χ1) is 7.13. The van der Waals surface area contributed by atoms with Gasteiger partial charge in [0.05, 0.1) is 0 Å². The zero-order valence-corrected chi connectivity index (χ0v) is 9.83. The van der Waals surface area contributed by atoms with E-state index in [0.717, 1.165) is 10.9 Å². The number of phenolic OH excluding ortho intramolecular Hbond substituents is 1. The van der Waals surface area contributed by atoms with E-state index in [-0.39, 0.29) is 0 Å². The van der Waals surface area contributed by atoms with E-state index in [1.54, 1.807) is 12.1 Å². The van der Waals surface area contributed by atoms with Gasteiger partial charge in [-0.1, -0.05) is 0 Å². The number of phenols is 1. The Hall–Kier alpha value is -1.09. The monoisotopic (exact) mass is 221 g/mol. The van der Waals surface area contributed by atoms with Crippen LogP contribution in [0.25, 0.3) is 10.9 Å². The molecule has 0 aliphatic carbocycles. The molecule has 2 rings (SSSR count). The average Bonchev–Trinajstić information content (AvgIpc) is 2.54. The summed E-state index contributed by atoms with van der Waals surface area (Å²) in [5, 5.41) is 10.5. The molecule has 0 bridgehead atoms. The lowest BCUT2D eigenvalue weighted by Gasteiger charge is -2.13. The quantitative estimate of drug-likeness (QED) is 0.747. The van der Waals surface area contributed by atoms with Crippen LogP contribution in [0.3, 0.4) is 0 Å². The number of nitrogens with zero attached hydrogens (tertiary/aromatic N) is 1. The molecule has 0 amide bonds. The fourth-order valence-corrected chi connectivity index (χ4v) is 2.26. The Labute approximate surface area is 94.9 Å². The zero-order chi connectivity index (χ0) is 11.0. The molecule has 3 heteroatoms. The van der Waals surface area contributed by atoms with Crippen LogP contribution in [-0.2, 0) is 5.75 Å². The third-order valence-corrected chi connectivity index (χ3v) is 2.90. The summed E-state index contributed by atoms with van der Waals surface area (Å²) in [5.74, 6) is 1.03. The Morgan fingerprint density at radius 3 is 2.67 bits per heavy atom. The summed E-state index contributed by atoms with van der Waals surface area (Å²) in [6.45, 7) is 4.30. The largest absolute Gasteiger partial charge is 0.508 e. The number of aromatic hydroxyl groups is 1. The van der Waals surface area contributed by atoms with Crippen LogP contribution in [0.1, 0.15) is 25.6 Å². The molecule has 80 valence electrons. The summed E-state index contributed by atoms with van der Waals surface area (Å²) in [6.07, 6.45) is 0. The Bertz CT molecular complexity index is 488. The Kier molecular flexibility index (Phi) is 2.65. The maximum Gasteiger partial charge on any atom is 0.116 e. The molecule has 0 saturated carbocycles. The zero-order valence-electron chi connectivity index (χ0n) is 8.94. The minimum absolute atomic E-state index is 0.314. The SMILES string of the molecule is CC(C)n1c(CS)cc2cc(O)ccc21. The summed E-state index contributed by atoms with van der Waals surface area (Å²) >= 11 is 4.33. The van der Waals surface area contributed by atoms with Gasteiger partial charge in [0.15, 0.2) is 0 Å². The maximum atomic E-state index is 9.41. The maximum absolute atomic E-state index is 9.41. The molecule has 15 heavy (non-hydrogen) atoms. The number of aromatic nitrogens is 1. The van der Waals surface area contributed by atoms with Crippen molar-refractivity contribution < 1.29 is 5.11 Å². The van der Waals surface area contributed by atoms with Crippen LogP contribution < -0.4 is 0 Å². The van der Waals surface area contributed by atoms with Crippen LogP contribution in [0.5, 0.6) is 5.75 Å². The molecule has 0 saturated heterocycles. The molecular formula is C12H15NOS. The van der Waals surface area contributed by atoms with Gasteiger partial charge in [0.25, 0.3) is 0 Å². The van der Waals surface area contributed by atoms with E-state index >= 15 is 0 Å². The summed E-state index contributed by atoms with van der Waals surface area (Å²) < 4.78 is 2.25. The van der Waals surface area contributed by atoms with Gasteiger partial charge in [0.1, 0.15) is 5.75 Å². The fraction of sp³-hybridized carbons (Fsp3) is 0.333. The topological polar surface area (TPSA) is 25.2 Å². The van der Waals surface area contributed by atoms with Crippen molar-refractivity contribution in [2.75, 3.05) is 0 Å². The van der Waals surface area contributed by atoms with Crippen molar-refractivity contribution in [1.82, 2.24) is 4.57 Å². The highest BCUT2D eigenvalue weighted by atomic mass is 32.1. The molecule has 0 aliphatic heterocycles. The Morgan fingerprint density at radius 2 is 2.07 bits per heavy atom. The summed E-state index contributed by atoms with van der Waals surface area (Å²) in [6, 6.07) is 7.97. The molecule has 0 atom stereocenters. The van der Waals surface area contributed by atoms with Crippen molar-refractivity contribution >= 4 is 23.5 Å². The van der Waals surface area contributed by atoms with Crippen LogP contribution >= 0.6 is 12.6 Å². The minimum atomic E-state index is 0.314. The minimum Gasteiger partial charge on any atom is -0.508 e. The first-order valence-corrected chi connectivity index (χ1v) is 5.70. The van der Waals surface area contributed by atoms with Gasteiger partial charge in [0.2, 0.25) is 0 Å². The van der Waals surface area contributed by atoms with Gasteiger partial charge < -0.3 is 9.67 Å². The van der Waals surface area contributed by atoms with Gasteiger partial charge in [-0.15, -0.1) is 0 Å². The van der Waals surface area contributed by atoms with Crippen molar-refractivity contribution in [3.05, 3.63) is 30.0 Å². The highest BCUT2D eigenvalue weighted by Crippen LogP contribution is 2.27. The highest BCUT2D eigenvalue weighted by Gasteiger charge is 2.10. The molecule has 0 spiro atoms. The summed E-state index contributed by atoms with van der Waals surface area (Å²) in [4.78, 5) is 0. The lowest BCUT2D eigenvalue weighted by Crippen LogP contribution is -2.03. The molecule has 0 aliphatic rings. The van der Waals surface area contributed by atoms with E-state index in [0.29, 0.717) is 17.5 Å². The number of thiol groups is 1. The van der Waals surface area contributed by atoms with E-state index in [9.17, 15) is 5.11 Å². The predicted octanol–water partition coefficient (Wildman–Crippen LogP) is 3.36. The normalized spacial score (nSPS) is 11.5. The molecule has 1 aromatic heterocycles. The second-order valence-corrected chi connectivity index (χ2v) is 4.32. The first-order valence-electron chi connectivity index (χ1n) is 5.07. The lowest BCUT2D eigenvalue weighted by molar-refractivity contribution is 0.476. The number of rotatable bonds is 2. The molecule has 0 radical (unpaired) electrons. The number of hydrogen-bond donors (Lipinski definition) is 2. The molecule has 1 heterocycles. The van der Waals surface area contributed by atoms with Crippen LogP contribution in [0.4, 0.5) is 0 Å². The van der Waals surface area contributed by atoms with Gasteiger partial charge in [-0.2, -0.15) is 12.6 Å². The lowest BCUT2D eigenvalue weighted by atomic mass is 10.2. The van der Waals surface area contributed by atoms with Crippen molar-refractivity contribution in [2.24, 2.45) is 0 Å². The third-order valence-electron chi connectivity index (χ3n) is 2.58. The summed E-state index contributed by atoms with van der Waals surface area (Å²) in [7, 11) is 0. The summed E-state index contributed by atoms with van der Waals surface area (Å²) in [5.41, 5.74) is 2.35. The van der Waals surface area contributed by atoms with Crippen molar-refractivity contribution in [2.45, 2.75) is 25.6 Å². The highest BCUT2D eigenvalue weighted by molar-refractivity contribution is 7.79. The molecule has 1 N–H and O–H groups in total. The van der Waals surface area contributed by atoms with Crippen LogP contribution in [0.2, 0.25) is 0 Å². The van der Waals surface area contributed by atoms with Crippen LogP contribution in [-0.4, -0.2) is 9.67 Å². The number of benzene rings is 1. The molecule has 0 fully saturated rings. The van der Waals surface area contributed by atoms with Gasteiger partial charge >= 0.3 is 0 Å². The number of fused-ring (bicyclic) bond motifs is 1. The van der Waals surface area contributed by atoms with Crippen LogP contribution in [0, 0.1) is 0 Å². The second-order valence-electron chi connectivity index (χ2n) is 4.00. The molecule has 2 aromatic rings. The van der Waals surface area contributed by atoms with E-state index in [2.05, 4.69) is 37.1 Å². The Balaban J connectivity index is 2.74. The van der Waals surface area contributed by atoms with Gasteiger partial charge in [-0.3, -0.25) is 0 Å². The molecular weight excluding hydrogens is 206 g/mol. The third kappa shape index (κ3) is 1.72. The first kappa shape index (κ1) is 10.4. The van der Waals surface area contributed by atoms with Crippen molar-refractivity contribution in [3.8, 4) is 5.75 Å². The molecule has 0 unspecified atom stereocenters. The second kappa shape index (κ2) is 3.81. The standard InChI is InChI=1S/C12H15NOS/c1-8(2)13-10(7-15)5-9-6-11(14)3-4-12(9)13/h3-6,8,14-15H,7H2,1-2H3. The Morgan fingerprint density at radius 1 is 1.33 bits per heavy atom. The van der Waals surface area contributed by atoms with E-state index in [1.165, 1.54) is 5.69 Å². The van der Waals surface area contributed by atoms with Crippen LogP contribution in [0.15, 0.2) is 24.3 Å². The van der Waals surface area contributed by atoms with Crippen molar-refractivity contribution in [3.63, 3.8) is 0 Å². The van der Waals surface area contributed by atoms with Gasteiger partial charge in [-0.05, 0) is 38.1 Å². The predicted molar refractivity (Wildman–Crippen MR) is 66.7 cm³/mol. The number of hydrogen-bond acceptors (Lipinski definition) is 2. The fourth-order valence-electron chi connectivity index (χ4n) is 2.01. The average molecular weight is 221 g/mol. The van der Waals surface area contributed by atoms with E-state index in [4.69, 9.17) is 0 Å². The van der Waals surface area contributed by atoms with Crippen molar-refractivity contribution in [1.29, 1.82) is 0 Å². The smallest absolute Gasteiger partial charge is 0.116 e. The van der Waals surface area contributed by atoms with E-state index < -0.39 is 0 Å².